The van der Waals surface area contributed by atoms with Crippen LogP contribution in [0.1, 0.15) is 21.9 Å². The van der Waals surface area contributed by atoms with Gasteiger partial charge in [-0.1, -0.05) is 6.07 Å². The number of hydrogen-bond donors (Lipinski definition) is 2. The lowest BCUT2D eigenvalue weighted by molar-refractivity contribution is 0.0695. The summed E-state index contributed by atoms with van der Waals surface area (Å²) in [5.74, 6) is -2.43. The smallest absolute Gasteiger partial charge is 0.339 e. The van der Waals surface area contributed by atoms with Crippen molar-refractivity contribution in [2.45, 2.75) is 13.5 Å². The minimum atomic E-state index is -1.09. The molecule has 0 unspecified atom stereocenters. The Bertz CT molecular complexity index is 622. The summed E-state index contributed by atoms with van der Waals surface area (Å²) in [6.45, 7) is 1.59. The van der Waals surface area contributed by atoms with Crippen molar-refractivity contribution in [3.8, 4) is 0 Å². The topological polar surface area (TPSA) is 62.5 Å². The third-order valence-electron chi connectivity index (χ3n) is 2.60. The maximum absolute atomic E-state index is 13.4. The molecule has 1 heterocycles. The number of halogens is 2. The lowest BCUT2D eigenvalue weighted by Gasteiger charge is -2.05. The third-order valence-corrected chi connectivity index (χ3v) is 2.60. The van der Waals surface area contributed by atoms with Crippen molar-refractivity contribution in [3.05, 3.63) is 53.0 Å². The summed E-state index contributed by atoms with van der Waals surface area (Å²) >= 11 is 0. The number of aryl methyl sites for hydroxylation is 1. The van der Waals surface area contributed by atoms with Crippen molar-refractivity contribution in [2.24, 2.45) is 0 Å². The van der Waals surface area contributed by atoms with Gasteiger partial charge in [0.05, 0.1) is 12.2 Å². The Morgan fingerprint density at radius 2 is 2.16 bits per heavy atom. The number of carboxylic acid groups (broad SMARTS) is 1. The second-order valence-electron chi connectivity index (χ2n) is 3.94. The van der Waals surface area contributed by atoms with E-state index in [9.17, 15) is 13.6 Å². The molecular formula is C13H11F2NO3. The van der Waals surface area contributed by atoms with Crippen LogP contribution in [0.4, 0.5) is 14.5 Å². The molecule has 6 heteroatoms. The van der Waals surface area contributed by atoms with Crippen LogP contribution in [-0.2, 0) is 6.54 Å². The molecule has 2 rings (SSSR count). The molecule has 1 aromatic carbocycles. The van der Waals surface area contributed by atoms with Gasteiger partial charge in [-0.3, -0.25) is 0 Å². The highest BCUT2D eigenvalue weighted by Crippen LogP contribution is 2.19. The summed E-state index contributed by atoms with van der Waals surface area (Å²) in [5.41, 5.74) is 0.0439. The first-order valence-corrected chi connectivity index (χ1v) is 5.49. The molecular weight excluding hydrogens is 256 g/mol. The second kappa shape index (κ2) is 5.09. The standard InChI is InChI=1S/C13H11F2NO3/c1-7-9(13(17)18)5-8(19-7)6-16-11-4-2-3-10(14)12(11)15/h2-5,16H,6H2,1H3,(H,17,18). The van der Waals surface area contributed by atoms with Gasteiger partial charge in [-0.15, -0.1) is 0 Å². The van der Waals surface area contributed by atoms with Gasteiger partial charge < -0.3 is 14.8 Å². The molecule has 0 aliphatic heterocycles. The summed E-state index contributed by atoms with van der Waals surface area (Å²) in [6.07, 6.45) is 0. The van der Waals surface area contributed by atoms with Crippen molar-refractivity contribution in [3.63, 3.8) is 0 Å². The molecule has 0 radical (unpaired) electrons. The minimum Gasteiger partial charge on any atom is -0.478 e. The molecule has 0 saturated heterocycles. The number of furan rings is 1. The van der Waals surface area contributed by atoms with Crippen molar-refractivity contribution in [2.75, 3.05) is 5.32 Å². The summed E-state index contributed by atoms with van der Waals surface area (Å²) < 4.78 is 31.5. The molecule has 2 N–H and O–H groups in total. The number of carbonyl (C=O) groups is 1. The first-order chi connectivity index (χ1) is 8.99. The fourth-order valence-electron chi connectivity index (χ4n) is 1.67. The Hall–Kier alpha value is -2.37. The molecule has 100 valence electrons. The fourth-order valence-corrected chi connectivity index (χ4v) is 1.67. The number of rotatable bonds is 4. The molecule has 0 fully saturated rings. The minimum absolute atomic E-state index is 0.00840. The number of benzene rings is 1. The third kappa shape index (κ3) is 2.73. The van der Waals surface area contributed by atoms with Crippen LogP contribution in [-0.4, -0.2) is 11.1 Å². The van der Waals surface area contributed by atoms with Crippen molar-refractivity contribution in [1.29, 1.82) is 0 Å². The van der Waals surface area contributed by atoms with E-state index in [4.69, 9.17) is 9.52 Å². The summed E-state index contributed by atoms with van der Waals surface area (Å²) in [6, 6.07) is 5.12. The molecule has 0 saturated carbocycles. The highest BCUT2D eigenvalue weighted by molar-refractivity contribution is 5.88. The Morgan fingerprint density at radius 1 is 1.42 bits per heavy atom. The molecule has 0 spiro atoms. The molecule has 0 aliphatic rings. The first kappa shape index (κ1) is 13.1. The van der Waals surface area contributed by atoms with Gasteiger partial charge in [-0.25, -0.2) is 13.6 Å². The van der Waals surface area contributed by atoms with E-state index in [0.29, 0.717) is 5.76 Å². The Balaban J connectivity index is 2.13. The fraction of sp³-hybridized carbons (Fsp3) is 0.154. The zero-order valence-corrected chi connectivity index (χ0v) is 10.0. The van der Waals surface area contributed by atoms with Crippen LogP contribution < -0.4 is 5.32 Å². The van der Waals surface area contributed by atoms with Crippen molar-refractivity contribution in [1.82, 2.24) is 0 Å². The highest BCUT2D eigenvalue weighted by Gasteiger charge is 2.14. The molecule has 2 aromatic rings. The van der Waals surface area contributed by atoms with Crippen LogP contribution in [0.15, 0.2) is 28.7 Å². The van der Waals surface area contributed by atoms with E-state index in [1.807, 2.05) is 0 Å². The number of carboxylic acids is 1. The highest BCUT2D eigenvalue weighted by atomic mass is 19.2. The Kier molecular flexibility index (Phi) is 3.50. The number of aromatic carboxylic acids is 1. The van der Waals surface area contributed by atoms with Gasteiger partial charge in [-0.05, 0) is 25.1 Å². The largest absolute Gasteiger partial charge is 0.478 e. The van der Waals surface area contributed by atoms with Crippen LogP contribution in [0.2, 0.25) is 0 Å². The van der Waals surface area contributed by atoms with Crippen molar-refractivity contribution >= 4 is 11.7 Å². The molecule has 0 bridgehead atoms. The lowest BCUT2D eigenvalue weighted by Crippen LogP contribution is -2.02. The van der Waals surface area contributed by atoms with Gasteiger partial charge in [0.25, 0.3) is 0 Å². The van der Waals surface area contributed by atoms with Crippen LogP contribution in [0.25, 0.3) is 0 Å². The second-order valence-corrected chi connectivity index (χ2v) is 3.94. The van der Waals surface area contributed by atoms with Crippen LogP contribution in [0, 0.1) is 18.6 Å². The molecule has 4 nitrogen and oxygen atoms in total. The van der Waals surface area contributed by atoms with Gasteiger partial charge in [0, 0.05) is 0 Å². The van der Waals surface area contributed by atoms with Gasteiger partial charge in [-0.2, -0.15) is 0 Å². The monoisotopic (exact) mass is 267 g/mol. The first-order valence-electron chi connectivity index (χ1n) is 5.49. The number of anilines is 1. The predicted molar refractivity (Wildman–Crippen MR) is 64.1 cm³/mol. The quantitative estimate of drug-likeness (QED) is 0.893. The van der Waals surface area contributed by atoms with Gasteiger partial charge in [0.15, 0.2) is 11.6 Å². The molecule has 0 aliphatic carbocycles. The Labute approximate surface area is 107 Å². The van der Waals surface area contributed by atoms with E-state index >= 15 is 0 Å². The van der Waals surface area contributed by atoms with E-state index < -0.39 is 17.6 Å². The SMILES string of the molecule is Cc1oc(CNc2cccc(F)c2F)cc1C(=O)O. The van der Waals surface area contributed by atoms with Gasteiger partial charge in [0.2, 0.25) is 0 Å². The normalized spacial score (nSPS) is 10.5. The molecule has 0 atom stereocenters. The van der Waals surface area contributed by atoms with Gasteiger partial charge >= 0.3 is 5.97 Å². The van der Waals surface area contributed by atoms with Gasteiger partial charge in [0.1, 0.15) is 17.1 Å². The predicted octanol–water partition coefficient (Wildman–Crippen LogP) is 3.18. The number of hydrogen-bond acceptors (Lipinski definition) is 3. The average molecular weight is 267 g/mol. The number of nitrogens with one attached hydrogen (secondary N) is 1. The summed E-state index contributed by atoms with van der Waals surface area (Å²) in [7, 11) is 0. The Morgan fingerprint density at radius 3 is 2.79 bits per heavy atom. The van der Waals surface area contributed by atoms with Crippen LogP contribution in [0.3, 0.4) is 0 Å². The van der Waals surface area contributed by atoms with E-state index in [0.717, 1.165) is 6.07 Å². The molecule has 0 amide bonds. The van der Waals surface area contributed by atoms with Crippen molar-refractivity contribution < 1.29 is 23.1 Å². The molecule has 1 aromatic heterocycles. The average Bonchev–Trinajstić information content (AvgIpc) is 2.73. The lowest BCUT2D eigenvalue weighted by atomic mass is 10.2. The summed E-state index contributed by atoms with van der Waals surface area (Å²) in [4.78, 5) is 10.8. The maximum Gasteiger partial charge on any atom is 0.339 e. The van der Waals surface area contributed by atoms with E-state index in [1.165, 1.54) is 25.1 Å². The van der Waals surface area contributed by atoms with Crippen LogP contribution >= 0.6 is 0 Å². The van der Waals surface area contributed by atoms with E-state index in [2.05, 4.69) is 5.32 Å². The zero-order chi connectivity index (χ0) is 14.0. The zero-order valence-electron chi connectivity index (χ0n) is 10.0. The van der Waals surface area contributed by atoms with Crippen LogP contribution in [0.5, 0.6) is 0 Å². The molecule has 19 heavy (non-hydrogen) atoms. The maximum atomic E-state index is 13.4. The van der Waals surface area contributed by atoms with E-state index in [1.54, 1.807) is 0 Å². The summed E-state index contributed by atoms with van der Waals surface area (Å²) in [5, 5.41) is 11.5. The van der Waals surface area contributed by atoms with E-state index in [-0.39, 0.29) is 23.6 Å².